The summed E-state index contributed by atoms with van der Waals surface area (Å²) >= 11 is 0. The topological polar surface area (TPSA) is 93.8 Å². The number of rotatable bonds is 4. The van der Waals surface area contributed by atoms with Crippen LogP contribution in [0.5, 0.6) is 5.75 Å². The summed E-state index contributed by atoms with van der Waals surface area (Å²) in [6.45, 7) is 3.71. The number of carbonyl (C=O) groups is 2. The SMILES string of the molecule is Cc1ccc2cccc(OC(=O)c3oc4c(c3C)/C(=N/NC(=O)c3cccc5ccccc35)CCC4)c2n1. The average Bonchev–Trinajstić information content (AvgIpc) is 3.28. The third kappa shape index (κ3) is 4.22. The van der Waals surface area contributed by atoms with Gasteiger partial charge in [-0.1, -0.05) is 54.6 Å². The predicted octanol–water partition coefficient (Wildman–Crippen LogP) is 6.29. The van der Waals surface area contributed by atoms with E-state index < -0.39 is 5.97 Å². The molecule has 1 aliphatic carbocycles. The highest BCUT2D eigenvalue weighted by atomic mass is 16.5. The first-order valence-corrected chi connectivity index (χ1v) is 12.6. The number of pyridine rings is 1. The van der Waals surface area contributed by atoms with Crippen molar-refractivity contribution in [3.63, 3.8) is 0 Å². The number of hydrogen-bond donors (Lipinski definition) is 1. The van der Waals surface area contributed by atoms with Crippen molar-refractivity contribution in [2.24, 2.45) is 5.10 Å². The second-order valence-electron chi connectivity index (χ2n) is 9.40. The highest BCUT2D eigenvalue weighted by molar-refractivity contribution is 6.09. The maximum Gasteiger partial charge on any atom is 0.380 e. The number of hydrogen-bond acceptors (Lipinski definition) is 6. The second kappa shape index (κ2) is 9.59. The Kier molecular flexibility index (Phi) is 5.96. The van der Waals surface area contributed by atoms with E-state index in [4.69, 9.17) is 9.15 Å². The lowest BCUT2D eigenvalue weighted by Gasteiger charge is -2.13. The molecule has 0 atom stereocenters. The van der Waals surface area contributed by atoms with Gasteiger partial charge in [-0.2, -0.15) is 5.10 Å². The van der Waals surface area contributed by atoms with Gasteiger partial charge in [0.1, 0.15) is 11.3 Å². The maximum absolute atomic E-state index is 13.2. The van der Waals surface area contributed by atoms with Crippen LogP contribution < -0.4 is 10.2 Å². The van der Waals surface area contributed by atoms with Crippen LogP contribution in [0.4, 0.5) is 0 Å². The third-order valence-corrected chi connectivity index (χ3v) is 6.86. The maximum atomic E-state index is 13.2. The minimum Gasteiger partial charge on any atom is -0.453 e. The van der Waals surface area contributed by atoms with Gasteiger partial charge in [-0.3, -0.25) is 4.79 Å². The molecule has 1 N–H and O–H groups in total. The van der Waals surface area contributed by atoms with Crippen molar-refractivity contribution in [1.82, 2.24) is 10.4 Å². The van der Waals surface area contributed by atoms with Crippen LogP contribution in [0.1, 0.15) is 56.3 Å². The Hall–Kier alpha value is -4.78. The number of hydrazone groups is 1. The van der Waals surface area contributed by atoms with E-state index in [0.29, 0.717) is 46.7 Å². The number of ether oxygens (including phenoxy) is 1. The quantitative estimate of drug-likeness (QED) is 0.177. The van der Waals surface area contributed by atoms with E-state index >= 15 is 0 Å². The molecule has 0 saturated heterocycles. The molecule has 0 unspecified atom stereocenters. The number of benzene rings is 3. The zero-order chi connectivity index (χ0) is 26.2. The molecule has 0 spiro atoms. The molecule has 2 heterocycles. The van der Waals surface area contributed by atoms with Crippen LogP contribution in [0.3, 0.4) is 0 Å². The normalized spacial score (nSPS) is 14.0. The molecular weight excluding hydrogens is 478 g/mol. The Morgan fingerprint density at radius 1 is 0.921 bits per heavy atom. The van der Waals surface area contributed by atoms with Crippen molar-refractivity contribution in [2.45, 2.75) is 33.1 Å². The monoisotopic (exact) mass is 503 g/mol. The lowest BCUT2D eigenvalue weighted by molar-refractivity contribution is 0.0700. The third-order valence-electron chi connectivity index (χ3n) is 6.86. The summed E-state index contributed by atoms with van der Waals surface area (Å²) in [5.74, 6) is 0.300. The van der Waals surface area contributed by atoms with E-state index in [-0.39, 0.29) is 11.7 Å². The molecule has 1 aliphatic rings. The zero-order valence-electron chi connectivity index (χ0n) is 21.1. The van der Waals surface area contributed by atoms with Gasteiger partial charge in [0.15, 0.2) is 5.75 Å². The fourth-order valence-corrected chi connectivity index (χ4v) is 5.02. The highest BCUT2D eigenvalue weighted by Crippen LogP contribution is 2.32. The van der Waals surface area contributed by atoms with Gasteiger partial charge in [0.25, 0.3) is 5.91 Å². The van der Waals surface area contributed by atoms with Crippen molar-refractivity contribution >= 4 is 39.3 Å². The summed E-state index contributed by atoms with van der Waals surface area (Å²) < 4.78 is 11.8. The van der Waals surface area contributed by atoms with Crippen LogP contribution in [0.2, 0.25) is 0 Å². The number of fused-ring (bicyclic) bond motifs is 3. The van der Waals surface area contributed by atoms with Gasteiger partial charge in [0, 0.05) is 34.2 Å². The first-order chi connectivity index (χ1) is 18.5. The molecule has 0 aliphatic heterocycles. The van der Waals surface area contributed by atoms with E-state index in [2.05, 4.69) is 15.5 Å². The predicted molar refractivity (Wildman–Crippen MR) is 146 cm³/mol. The smallest absolute Gasteiger partial charge is 0.380 e. The molecule has 0 radical (unpaired) electrons. The Morgan fingerprint density at radius 3 is 2.61 bits per heavy atom. The fourth-order valence-electron chi connectivity index (χ4n) is 5.02. The second-order valence-corrected chi connectivity index (χ2v) is 9.40. The summed E-state index contributed by atoms with van der Waals surface area (Å²) in [5.41, 5.74) is 6.80. The Morgan fingerprint density at radius 2 is 1.71 bits per heavy atom. The Bertz CT molecular complexity index is 1760. The molecule has 1 amide bonds. The van der Waals surface area contributed by atoms with E-state index in [1.807, 2.05) is 74.5 Å². The minimum atomic E-state index is -0.591. The van der Waals surface area contributed by atoms with E-state index in [0.717, 1.165) is 33.8 Å². The van der Waals surface area contributed by atoms with Gasteiger partial charge in [0.05, 0.1) is 5.71 Å². The van der Waals surface area contributed by atoms with Crippen LogP contribution in [0.25, 0.3) is 21.7 Å². The first kappa shape index (κ1) is 23.6. The largest absolute Gasteiger partial charge is 0.453 e. The number of carbonyl (C=O) groups excluding carboxylic acids is 2. The molecule has 0 saturated carbocycles. The van der Waals surface area contributed by atoms with Crippen LogP contribution >= 0.6 is 0 Å². The lowest BCUT2D eigenvalue weighted by Crippen LogP contribution is -2.22. The fraction of sp³-hybridized carbons (Fsp3) is 0.161. The number of amides is 1. The Balaban J connectivity index is 1.28. The zero-order valence-corrected chi connectivity index (χ0v) is 21.1. The van der Waals surface area contributed by atoms with Gasteiger partial charge in [-0.05, 0) is 55.7 Å². The molecule has 5 aromatic rings. The van der Waals surface area contributed by atoms with Gasteiger partial charge in [-0.15, -0.1) is 0 Å². The highest BCUT2D eigenvalue weighted by Gasteiger charge is 2.29. The lowest BCUT2D eigenvalue weighted by atomic mass is 9.93. The molecule has 0 fully saturated rings. The van der Waals surface area contributed by atoms with Crippen molar-refractivity contribution in [3.05, 3.63) is 107 Å². The van der Waals surface area contributed by atoms with Gasteiger partial charge < -0.3 is 9.15 Å². The van der Waals surface area contributed by atoms with Crippen LogP contribution in [-0.4, -0.2) is 22.6 Å². The molecular formula is C31H25N3O4. The van der Waals surface area contributed by atoms with Gasteiger partial charge >= 0.3 is 5.97 Å². The van der Waals surface area contributed by atoms with E-state index in [1.165, 1.54) is 0 Å². The van der Waals surface area contributed by atoms with E-state index in [1.54, 1.807) is 12.1 Å². The molecule has 2 aromatic heterocycles. The summed E-state index contributed by atoms with van der Waals surface area (Å²) in [7, 11) is 0. The van der Waals surface area contributed by atoms with Crippen molar-refractivity contribution < 1.29 is 18.7 Å². The number of nitrogens with one attached hydrogen (secondary N) is 1. The Labute approximate surface area is 219 Å². The number of aromatic nitrogens is 1. The first-order valence-electron chi connectivity index (χ1n) is 12.6. The molecule has 7 heteroatoms. The summed E-state index contributed by atoms with van der Waals surface area (Å²) in [5, 5.41) is 7.20. The van der Waals surface area contributed by atoms with Crippen molar-refractivity contribution in [1.29, 1.82) is 0 Å². The summed E-state index contributed by atoms with van der Waals surface area (Å²) in [6, 6.07) is 22.7. The summed E-state index contributed by atoms with van der Waals surface area (Å²) in [4.78, 5) is 30.8. The number of para-hydroxylation sites is 1. The van der Waals surface area contributed by atoms with Crippen molar-refractivity contribution in [2.75, 3.05) is 0 Å². The van der Waals surface area contributed by atoms with Crippen LogP contribution in [-0.2, 0) is 6.42 Å². The average molecular weight is 504 g/mol. The number of nitrogens with zero attached hydrogens (tertiary/aromatic N) is 2. The minimum absolute atomic E-state index is 0.134. The van der Waals surface area contributed by atoms with E-state index in [9.17, 15) is 9.59 Å². The van der Waals surface area contributed by atoms with Gasteiger partial charge in [0.2, 0.25) is 5.76 Å². The van der Waals surface area contributed by atoms with Crippen LogP contribution in [0.15, 0.2) is 82.3 Å². The summed E-state index contributed by atoms with van der Waals surface area (Å²) in [6.07, 6.45) is 2.13. The molecule has 38 heavy (non-hydrogen) atoms. The number of furan rings is 1. The molecule has 3 aromatic carbocycles. The molecule has 7 nitrogen and oxygen atoms in total. The number of esters is 1. The van der Waals surface area contributed by atoms with Gasteiger partial charge in [-0.25, -0.2) is 15.2 Å². The van der Waals surface area contributed by atoms with Crippen LogP contribution in [0, 0.1) is 13.8 Å². The molecule has 0 bridgehead atoms. The standard InChI is InChI=1S/C31H25N3O4/c1-18-16-17-21-10-6-15-26(28(21)32-18)38-31(36)29-19(2)27-24(13-7-14-25(27)37-29)33-34-30(35)23-12-5-9-20-8-3-4-11-22(20)23/h3-6,8-12,15-17H,7,13-14H2,1-2H3,(H,34,35)/b33-24+. The molecule has 6 rings (SSSR count). The van der Waals surface area contributed by atoms with Crippen molar-refractivity contribution in [3.8, 4) is 5.75 Å². The molecule has 188 valence electrons. The number of aryl methyl sites for hydroxylation is 2.